The molecule has 15 nitrogen and oxygen atoms in total. The van der Waals surface area contributed by atoms with Gasteiger partial charge in [0.2, 0.25) is 0 Å². The molecule has 0 saturated carbocycles. The molecular weight excluding hydrogens is 426 g/mol. The summed E-state index contributed by atoms with van der Waals surface area (Å²) < 4.78 is 0. The molecule has 1 fully saturated rings. The topological polar surface area (TPSA) is 267 Å². The lowest BCUT2D eigenvalue weighted by atomic mass is 9.78. The molecule has 32 heavy (non-hydrogen) atoms. The summed E-state index contributed by atoms with van der Waals surface area (Å²) in [4.78, 5) is 21.6. The van der Waals surface area contributed by atoms with Crippen molar-refractivity contribution in [3.8, 4) is 0 Å². The van der Waals surface area contributed by atoms with Crippen molar-refractivity contribution in [2.45, 2.75) is 70.6 Å². The van der Waals surface area contributed by atoms with Crippen LogP contribution >= 0.6 is 0 Å². The Morgan fingerprint density at radius 2 is 1.31 bits per heavy atom. The third-order valence-corrected chi connectivity index (χ3v) is 4.06. The highest BCUT2D eigenvalue weighted by Crippen LogP contribution is 2.37. The number of rotatable bonds is 7. The summed E-state index contributed by atoms with van der Waals surface area (Å²) in [6, 6.07) is 0. The van der Waals surface area contributed by atoms with E-state index in [1.54, 1.807) is 0 Å². The standard InChI is InChI=1S/C11H23NO2.C4H6O4.2CH4N4/c1-10(2)7-9(14)8-11(3,4)12(10)5-6-13;5-3(6)1-2-4(7)8;2*2-4-1-5-3/h9,13-14H,5-8H2,1-4H3;1-2H2,(H,5,6)(H,7,8);2*1-2H,3H2. The van der Waals surface area contributed by atoms with Crippen molar-refractivity contribution in [2.24, 2.45) is 32.1 Å². The lowest BCUT2D eigenvalue weighted by Crippen LogP contribution is -2.62. The van der Waals surface area contributed by atoms with E-state index >= 15 is 0 Å². The van der Waals surface area contributed by atoms with E-state index in [1.807, 2.05) is 0 Å². The number of carbonyl (C=O) groups is 2. The highest BCUT2D eigenvalue weighted by atomic mass is 16.4. The van der Waals surface area contributed by atoms with Crippen LogP contribution in [0.1, 0.15) is 53.4 Å². The minimum atomic E-state index is -1.08. The number of carboxylic acids is 2. The van der Waals surface area contributed by atoms with Crippen LogP contribution in [0.3, 0.4) is 0 Å². The lowest BCUT2D eigenvalue weighted by Gasteiger charge is -2.54. The van der Waals surface area contributed by atoms with Gasteiger partial charge in [0.1, 0.15) is 0 Å². The van der Waals surface area contributed by atoms with Gasteiger partial charge in [-0.2, -0.15) is 10.2 Å². The van der Waals surface area contributed by atoms with E-state index in [2.05, 4.69) is 64.7 Å². The first kappa shape index (κ1) is 33.6. The van der Waals surface area contributed by atoms with Gasteiger partial charge in [0.15, 0.2) is 12.7 Å². The fraction of sp³-hybridized carbons (Fsp3) is 0.765. The van der Waals surface area contributed by atoms with Crippen molar-refractivity contribution in [2.75, 3.05) is 13.2 Å². The normalized spacial score (nSPS) is 17.1. The summed E-state index contributed by atoms with van der Waals surface area (Å²) in [5.74, 6) is 6.84. The zero-order chi connectivity index (χ0) is 25.8. The summed E-state index contributed by atoms with van der Waals surface area (Å²) >= 11 is 0. The Hall–Kier alpha value is -3.04. The van der Waals surface area contributed by atoms with Gasteiger partial charge >= 0.3 is 11.9 Å². The molecule has 186 valence electrons. The van der Waals surface area contributed by atoms with Crippen LogP contribution in [0, 0.1) is 11.1 Å². The number of likely N-dealkylation sites (tertiary alicyclic amines) is 1. The Morgan fingerprint density at radius 3 is 1.50 bits per heavy atom. The quantitative estimate of drug-likeness (QED) is 0.0868. The largest absolute Gasteiger partial charge is 0.481 e. The number of nitrogens with one attached hydrogen (secondary N) is 2. The number of piperidine rings is 1. The second kappa shape index (κ2) is 18.7. The van der Waals surface area contributed by atoms with Crippen molar-refractivity contribution in [3.05, 3.63) is 0 Å². The number of hydrogen-bond acceptors (Lipinski definition) is 11. The number of aliphatic hydroxyl groups excluding tert-OH is 2. The minimum Gasteiger partial charge on any atom is -0.481 e. The van der Waals surface area contributed by atoms with Crippen LogP contribution in [0.25, 0.3) is 0 Å². The monoisotopic (exact) mass is 463 g/mol. The van der Waals surface area contributed by atoms with Crippen LogP contribution in [0.15, 0.2) is 20.4 Å². The molecule has 15 heteroatoms. The van der Waals surface area contributed by atoms with Gasteiger partial charge in [0.05, 0.1) is 25.6 Å². The van der Waals surface area contributed by atoms with E-state index in [1.165, 1.54) is 0 Å². The second-order valence-corrected chi connectivity index (χ2v) is 7.64. The van der Waals surface area contributed by atoms with Gasteiger partial charge in [-0.15, -0.1) is 10.2 Å². The average Bonchev–Trinajstić information content (AvgIpc) is 2.65. The first-order valence-electron chi connectivity index (χ1n) is 9.42. The molecule has 0 atom stereocenters. The Labute approximate surface area is 187 Å². The van der Waals surface area contributed by atoms with Gasteiger partial charge < -0.3 is 32.1 Å². The van der Waals surface area contributed by atoms with Crippen LogP contribution < -0.4 is 11.7 Å². The predicted octanol–water partition coefficient (Wildman–Crippen LogP) is 0.767. The molecule has 0 radical (unpaired) electrons. The average molecular weight is 464 g/mol. The number of aliphatic hydroxyl groups is 2. The van der Waals surface area contributed by atoms with Gasteiger partial charge in [0.25, 0.3) is 0 Å². The number of nitrogens with zero attached hydrogens (tertiary/aromatic N) is 5. The molecule has 0 spiro atoms. The van der Waals surface area contributed by atoms with Crippen molar-refractivity contribution in [1.29, 1.82) is 11.1 Å². The summed E-state index contributed by atoms with van der Waals surface area (Å²) in [5.41, 5.74) is 11.9. The summed E-state index contributed by atoms with van der Waals surface area (Å²) in [7, 11) is 0. The van der Waals surface area contributed by atoms with E-state index in [-0.39, 0.29) is 36.6 Å². The van der Waals surface area contributed by atoms with Crippen LogP contribution in [0.4, 0.5) is 0 Å². The molecule has 1 aliphatic rings. The second-order valence-electron chi connectivity index (χ2n) is 7.64. The van der Waals surface area contributed by atoms with E-state index < -0.39 is 11.9 Å². The molecule has 0 aromatic carbocycles. The summed E-state index contributed by atoms with van der Waals surface area (Å²) in [6.45, 7) is 9.40. The Balaban J connectivity index is -0.000000396. The minimum absolute atomic E-state index is 0.0239. The number of aliphatic carboxylic acids is 2. The SMILES string of the molecule is CC1(C)CC(O)CC(C)(C)N1CCO.N=NC=NN.N=NC=NN.O=C(O)CCC(=O)O. The van der Waals surface area contributed by atoms with Gasteiger partial charge in [-0.25, -0.2) is 11.1 Å². The fourth-order valence-electron chi connectivity index (χ4n) is 3.25. The molecule has 1 rings (SSSR count). The molecular formula is C17H37N9O6. The highest BCUT2D eigenvalue weighted by Gasteiger charge is 2.44. The maximum Gasteiger partial charge on any atom is 0.303 e. The van der Waals surface area contributed by atoms with Crippen molar-refractivity contribution >= 4 is 24.6 Å². The molecule has 1 saturated heterocycles. The Bertz CT molecular complexity index is 563. The van der Waals surface area contributed by atoms with Crippen molar-refractivity contribution < 1.29 is 30.0 Å². The molecule has 0 aromatic heterocycles. The molecule has 10 N–H and O–H groups in total. The highest BCUT2D eigenvalue weighted by molar-refractivity contribution is 5.75. The van der Waals surface area contributed by atoms with E-state index in [0.29, 0.717) is 6.54 Å². The molecule has 0 aromatic rings. The van der Waals surface area contributed by atoms with Crippen LogP contribution in [0.2, 0.25) is 0 Å². The van der Waals surface area contributed by atoms with Crippen LogP contribution in [-0.4, -0.2) is 80.3 Å². The van der Waals surface area contributed by atoms with Gasteiger partial charge in [-0.05, 0) is 40.5 Å². The van der Waals surface area contributed by atoms with E-state index in [9.17, 15) is 14.7 Å². The molecule has 1 heterocycles. The smallest absolute Gasteiger partial charge is 0.303 e. The number of nitrogens with two attached hydrogens (primary N) is 2. The predicted molar refractivity (Wildman–Crippen MR) is 117 cm³/mol. The lowest BCUT2D eigenvalue weighted by molar-refractivity contribution is -0.143. The number of hydrazone groups is 2. The Morgan fingerprint density at radius 1 is 0.969 bits per heavy atom. The third-order valence-electron chi connectivity index (χ3n) is 4.06. The first-order valence-corrected chi connectivity index (χ1v) is 9.42. The molecule has 1 aliphatic heterocycles. The molecule has 0 aliphatic carbocycles. The van der Waals surface area contributed by atoms with Gasteiger partial charge in [0, 0.05) is 17.6 Å². The zero-order valence-corrected chi connectivity index (χ0v) is 19.0. The molecule has 0 amide bonds. The molecule has 0 bridgehead atoms. The Kier molecular flexibility index (Phi) is 19.6. The van der Waals surface area contributed by atoms with Crippen molar-refractivity contribution in [3.63, 3.8) is 0 Å². The number of β-amino-alcohol motifs (C(OH)–C–C–N with tert-alkyl or cyclic N) is 1. The zero-order valence-electron chi connectivity index (χ0n) is 19.0. The number of hydrogen-bond donors (Lipinski definition) is 8. The van der Waals surface area contributed by atoms with Crippen LogP contribution in [0.5, 0.6) is 0 Å². The van der Waals surface area contributed by atoms with Gasteiger partial charge in [-0.3, -0.25) is 14.5 Å². The maximum absolute atomic E-state index is 9.78. The fourth-order valence-corrected chi connectivity index (χ4v) is 3.25. The number of carboxylic acid groups (broad SMARTS) is 2. The van der Waals surface area contributed by atoms with Crippen LogP contribution in [-0.2, 0) is 9.59 Å². The van der Waals surface area contributed by atoms with E-state index in [4.69, 9.17) is 26.4 Å². The summed E-state index contributed by atoms with van der Waals surface area (Å²) in [5, 5.41) is 45.7. The first-order chi connectivity index (χ1) is 14.7. The molecule has 0 unspecified atom stereocenters. The third kappa shape index (κ3) is 19.0. The summed E-state index contributed by atoms with van der Waals surface area (Å²) in [6.07, 6.45) is 2.66. The van der Waals surface area contributed by atoms with Gasteiger partial charge in [-0.1, -0.05) is 0 Å². The van der Waals surface area contributed by atoms with E-state index in [0.717, 1.165) is 25.5 Å². The maximum atomic E-state index is 9.78. The van der Waals surface area contributed by atoms with Crippen molar-refractivity contribution in [1.82, 2.24) is 4.90 Å².